The van der Waals surface area contributed by atoms with E-state index in [0.29, 0.717) is 22.9 Å². The lowest BCUT2D eigenvalue weighted by Crippen LogP contribution is -2.36. The molecule has 2 aromatic rings. The van der Waals surface area contributed by atoms with Gasteiger partial charge in [-0.2, -0.15) is 5.26 Å². The molecule has 3 rings (SSSR count). The van der Waals surface area contributed by atoms with Gasteiger partial charge in [0.25, 0.3) is 0 Å². The second-order valence-electron chi connectivity index (χ2n) is 5.99. The number of rotatable bonds is 6. The standard InChI is InChI=1S/C19H16ClFN4O2S/c20-11-4-5-16-15(8-11)25-19(27)17(28-16)9-18(26)24-7-6-23-14-3-1-2-13(21)12(14)10-22/h1-5,8,17,23H,6-7,9H2,(H,24,26)(H,25,27). The van der Waals surface area contributed by atoms with E-state index in [1.54, 1.807) is 24.3 Å². The minimum absolute atomic E-state index is 0.0297. The zero-order chi connectivity index (χ0) is 20.1. The predicted octanol–water partition coefficient (Wildman–Crippen LogP) is 3.38. The van der Waals surface area contributed by atoms with Crippen LogP contribution in [0.25, 0.3) is 0 Å². The highest BCUT2D eigenvalue weighted by Crippen LogP contribution is 2.38. The summed E-state index contributed by atoms with van der Waals surface area (Å²) in [5, 5.41) is 17.4. The maximum Gasteiger partial charge on any atom is 0.238 e. The molecule has 3 N–H and O–H groups in total. The maximum atomic E-state index is 13.5. The molecular formula is C19H16ClFN4O2S. The minimum atomic E-state index is -0.599. The summed E-state index contributed by atoms with van der Waals surface area (Å²) in [6, 6.07) is 11.3. The minimum Gasteiger partial charge on any atom is -0.382 e. The highest BCUT2D eigenvalue weighted by molar-refractivity contribution is 8.01. The first-order valence-electron chi connectivity index (χ1n) is 8.44. The fourth-order valence-corrected chi connectivity index (χ4v) is 3.94. The van der Waals surface area contributed by atoms with Crippen LogP contribution < -0.4 is 16.0 Å². The van der Waals surface area contributed by atoms with Crippen molar-refractivity contribution >= 4 is 46.6 Å². The Morgan fingerprint density at radius 1 is 1.32 bits per heavy atom. The van der Waals surface area contributed by atoms with Crippen molar-refractivity contribution in [2.45, 2.75) is 16.6 Å². The summed E-state index contributed by atoms with van der Waals surface area (Å²) in [6.07, 6.45) is 0.0297. The summed E-state index contributed by atoms with van der Waals surface area (Å²) in [7, 11) is 0. The Bertz CT molecular complexity index is 963. The first-order chi connectivity index (χ1) is 13.5. The Morgan fingerprint density at radius 3 is 2.93 bits per heavy atom. The van der Waals surface area contributed by atoms with Crippen LogP contribution in [0.4, 0.5) is 15.8 Å². The van der Waals surface area contributed by atoms with Crippen molar-refractivity contribution < 1.29 is 14.0 Å². The van der Waals surface area contributed by atoms with Crippen LogP contribution in [0.5, 0.6) is 0 Å². The summed E-state index contributed by atoms with van der Waals surface area (Å²) in [5.41, 5.74) is 0.948. The number of halogens is 2. The lowest BCUT2D eigenvalue weighted by atomic mass is 10.2. The van der Waals surface area contributed by atoms with Crippen molar-refractivity contribution in [1.29, 1.82) is 5.26 Å². The normalized spacial score (nSPS) is 15.2. The number of amides is 2. The van der Waals surface area contributed by atoms with Crippen LogP contribution in [0.3, 0.4) is 0 Å². The van der Waals surface area contributed by atoms with Crippen LogP contribution >= 0.6 is 23.4 Å². The lowest BCUT2D eigenvalue weighted by molar-refractivity contribution is -0.124. The Hall–Kier alpha value is -2.76. The molecule has 0 saturated carbocycles. The average Bonchev–Trinajstić information content (AvgIpc) is 2.66. The van der Waals surface area contributed by atoms with Gasteiger partial charge in [-0.15, -0.1) is 11.8 Å². The number of hydrogen-bond acceptors (Lipinski definition) is 5. The van der Waals surface area contributed by atoms with Crippen LogP contribution in [-0.2, 0) is 9.59 Å². The van der Waals surface area contributed by atoms with E-state index in [0.717, 1.165) is 4.90 Å². The summed E-state index contributed by atoms with van der Waals surface area (Å²) in [6.45, 7) is 0.584. The van der Waals surface area contributed by atoms with Gasteiger partial charge in [0.05, 0.1) is 16.6 Å². The number of nitriles is 1. The first kappa shape index (κ1) is 20.0. The van der Waals surface area contributed by atoms with Crippen molar-refractivity contribution in [3.8, 4) is 6.07 Å². The third-order valence-corrected chi connectivity index (χ3v) is 5.53. The van der Waals surface area contributed by atoms with Crippen molar-refractivity contribution in [1.82, 2.24) is 5.32 Å². The molecule has 1 heterocycles. The molecule has 0 bridgehead atoms. The fourth-order valence-electron chi connectivity index (χ4n) is 2.68. The Kier molecular flexibility index (Phi) is 6.39. The third-order valence-electron chi connectivity index (χ3n) is 4.02. The number of carbonyl (C=O) groups is 2. The third kappa shape index (κ3) is 4.74. The molecule has 0 fully saturated rings. The lowest BCUT2D eigenvalue weighted by Gasteiger charge is -2.23. The number of hydrogen-bond donors (Lipinski definition) is 3. The Balaban J connectivity index is 1.48. The quantitative estimate of drug-likeness (QED) is 0.625. The molecule has 0 aromatic heterocycles. The van der Waals surface area contributed by atoms with E-state index in [2.05, 4.69) is 16.0 Å². The summed E-state index contributed by atoms with van der Waals surface area (Å²) in [5.74, 6) is -1.11. The monoisotopic (exact) mass is 418 g/mol. The van der Waals surface area contributed by atoms with Crippen LogP contribution in [0.2, 0.25) is 5.02 Å². The highest BCUT2D eigenvalue weighted by Gasteiger charge is 2.29. The maximum absolute atomic E-state index is 13.5. The van der Waals surface area contributed by atoms with Crippen LogP contribution in [0.1, 0.15) is 12.0 Å². The van der Waals surface area contributed by atoms with E-state index in [1.165, 1.54) is 23.9 Å². The van der Waals surface area contributed by atoms with Gasteiger partial charge >= 0.3 is 0 Å². The zero-order valence-corrected chi connectivity index (χ0v) is 16.2. The van der Waals surface area contributed by atoms with Crippen molar-refractivity contribution in [2.24, 2.45) is 0 Å². The summed E-state index contributed by atoms with van der Waals surface area (Å²) >= 11 is 7.24. The Labute approximate surface area is 170 Å². The van der Waals surface area contributed by atoms with Gasteiger partial charge in [-0.05, 0) is 30.3 Å². The molecule has 1 aliphatic heterocycles. The molecule has 2 aromatic carbocycles. The number of anilines is 2. The van der Waals surface area contributed by atoms with Gasteiger partial charge in [-0.1, -0.05) is 17.7 Å². The highest BCUT2D eigenvalue weighted by atomic mass is 35.5. The molecular weight excluding hydrogens is 403 g/mol. The van der Waals surface area contributed by atoms with E-state index in [-0.39, 0.29) is 30.3 Å². The first-order valence-corrected chi connectivity index (χ1v) is 9.70. The van der Waals surface area contributed by atoms with Gasteiger partial charge in [-0.3, -0.25) is 9.59 Å². The molecule has 0 spiro atoms. The molecule has 144 valence electrons. The fraction of sp³-hybridized carbons (Fsp3) is 0.211. The number of nitrogens with zero attached hydrogens (tertiary/aromatic N) is 1. The number of fused-ring (bicyclic) bond motifs is 1. The van der Waals surface area contributed by atoms with Crippen molar-refractivity contribution in [2.75, 3.05) is 23.7 Å². The molecule has 1 aliphatic rings. The van der Waals surface area contributed by atoms with E-state index >= 15 is 0 Å². The topological polar surface area (TPSA) is 94.0 Å². The second-order valence-corrected chi connectivity index (χ2v) is 7.67. The molecule has 2 amide bonds. The number of carbonyl (C=O) groups excluding carboxylic acids is 2. The number of nitrogens with one attached hydrogen (secondary N) is 3. The van der Waals surface area contributed by atoms with Gasteiger partial charge in [0.1, 0.15) is 17.4 Å². The van der Waals surface area contributed by atoms with Gasteiger partial charge in [-0.25, -0.2) is 4.39 Å². The van der Waals surface area contributed by atoms with Gasteiger partial charge in [0.15, 0.2) is 0 Å². The van der Waals surface area contributed by atoms with Crippen LogP contribution in [0.15, 0.2) is 41.3 Å². The van der Waals surface area contributed by atoms with E-state index in [1.807, 2.05) is 6.07 Å². The average molecular weight is 419 g/mol. The summed E-state index contributed by atoms with van der Waals surface area (Å²) in [4.78, 5) is 25.2. The summed E-state index contributed by atoms with van der Waals surface area (Å²) < 4.78 is 13.5. The molecule has 1 unspecified atom stereocenters. The second kappa shape index (κ2) is 8.95. The van der Waals surface area contributed by atoms with Gasteiger partial charge < -0.3 is 16.0 Å². The van der Waals surface area contributed by atoms with Crippen molar-refractivity contribution in [3.05, 3.63) is 52.8 Å². The predicted molar refractivity (Wildman–Crippen MR) is 107 cm³/mol. The molecule has 1 atom stereocenters. The molecule has 0 aliphatic carbocycles. The van der Waals surface area contributed by atoms with E-state index in [4.69, 9.17) is 16.9 Å². The van der Waals surface area contributed by atoms with E-state index < -0.39 is 11.1 Å². The Morgan fingerprint density at radius 2 is 2.14 bits per heavy atom. The van der Waals surface area contributed by atoms with Crippen LogP contribution in [0, 0.1) is 17.1 Å². The SMILES string of the molecule is N#Cc1c(F)cccc1NCCNC(=O)CC1Sc2ccc(Cl)cc2NC1=O. The largest absolute Gasteiger partial charge is 0.382 e. The van der Waals surface area contributed by atoms with Crippen LogP contribution in [-0.4, -0.2) is 30.2 Å². The number of benzene rings is 2. The zero-order valence-electron chi connectivity index (χ0n) is 14.6. The molecule has 0 radical (unpaired) electrons. The van der Waals surface area contributed by atoms with E-state index in [9.17, 15) is 14.0 Å². The number of thioether (sulfide) groups is 1. The van der Waals surface area contributed by atoms with Gasteiger partial charge in [0.2, 0.25) is 11.8 Å². The van der Waals surface area contributed by atoms with Gasteiger partial charge in [0, 0.05) is 29.4 Å². The molecule has 6 nitrogen and oxygen atoms in total. The molecule has 9 heteroatoms. The smallest absolute Gasteiger partial charge is 0.238 e. The molecule has 28 heavy (non-hydrogen) atoms. The molecule has 0 saturated heterocycles. The van der Waals surface area contributed by atoms with Crippen molar-refractivity contribution in [3.63, 3.8) is 0 Å².